The van der Waals surface area contributed by atoms with Crippen LogP contribution in [0.3, 0.4) is 0 Å². The molecule has 0 spiro atoms. The fraction of sp³-hybridized carbons (Fsp3) is 0.323. The van der Waals surface area contributed by atoms with E-state index in [0.717, 1.165) is 72.4 Å². The Hall–Kier alpha value is -4.13. The lowest BCUT2D eigenvalue weighted by atomic mass is 9.95. The first-order valence-electron chi connectivity index (χ1n) is 13.4. The van der Waals surface area contributed by atoms with E-state index in [-0.39, 0.29) is 11.8 Å². The molecule has 0 atom stereocenters. The number of aromatic carboxylic acids is 1. The van der Waals surface area contributed by atoms with Crippen molar-refractivity contribution >= 4 is 28.6 Å². The van der Waals surface area contributed by atoms with Gasteiger partial charge in [0.1, 0.15) is 17.2 Å². The molecule has 3 aliphatic rings. The molecule has 3 fully saturated rings. The first kappa shape index (κ1) is 23.0. The number of nitrogens with zero attached hydrogens (tertiary/aromatic N) is 3. The van der Waals surface area contributed by atoms with Gasteiger partial charge in [-0.1, -0.05) is 41.6 Å². The molecule has 1 N–H and O–H groups in total. The Bertz CT molecular complexity index is 1580. The minimum atomic E-state index is -1.04. The molecule has 0 unspecified atom stereocenters. The molecule has 2 aromatic heterocycles. The zero-order valence-electron chi connectivity index (χ0n) is 21.3. The van der Waals surface area contributed by atoms with Crippen molar-refractivity contribution in [2.45, 2.75) is 44.6 Å². The highest BCUT2D eigenvalue weighted by Crippen LogP contribution is 2.45. The van der Waals surface area contributed by atoms with E-state index in [9.17, 15) is 9.90 Å². The van der Waals surface area contributed by atoms with Gasteiger partial charge in [-0.2, -0.15) is 0 Å². The number of fused-ring (bicyclic) bond motifs is 1. The summed E-state index contributed by atoms with van der Waals surface area (Å²) in [5.41, 5.74) is 6.12. The van der Waals surface area contributed by atoms with Crippen LogP contribution in [0.4, 0.5) is 5.69 Å². The molecule has 0 amide bonds. The van der Waals surface area contributed by atoms with Crippen molar-refractivity contribution in [3.05, 3.63) is 77.2 Å². The summed E-state index contributed by atoms with van der Waals surface area (Å²) < 4.78 is 11.9. The molecule has 7 heteroatoms. The minimum Gasteiger partial charge on any atom is -0.490 e. The molecule has 0 bridgehead atoms. The van der Waals surface area contributed by atoms with Gasteiger partial charge < -0.3 is 19.3 Å². The number of benzene rings is 2. The second-order valence-electron chi connectivity index (χ2n) is 10.8. The van der Waals surface area contributed by atoms with Crippen LogP contribution in [0.1, 0.15) is 59.0 Å². The predicted molar refractivity (Wildman–Crippen MR) is 146 cm³/mol. The Morgan fingerprint density at radius 2 is 1.92 bits per heavy atom. The molecule has 7 nitrogen and oxygen atoms in total. The topological polar surface area (TPSA) is 88.7 Å². The van der Waals surface area contributed by atoms with Crippen LogP contribution < -0.4 is 9.64 Å². The summed E-state index contributed by atoms with van der Waals surface area (Å²) >= 11 is 0. The van der Waals surface area contributed by atoms with Crippen LogP contribution in [0.5, 0.6) is 5.75 Å². The Morgan fingerprint density at radius 3 is 2.66 bits per heavy atom. The standard InChI is InChI=1S/C31H29N3O4/c1-18-4-2-3-5-23(18)29-24(30(38-33-29)20-7-8-20)12-6-19-16-34(17-19)21-9-13-26-25(14-21)28(37-22-10-11-22)15-27(32-26)31(35)36/h2-6,9,12-15,19-20,22H,7-8,10-11,16-17H2,1H3,(H,35,36)/b12-6+. The van der Waals surface area contributed by atoms with Gasteiger partial charge in [0.25, 0.3) is 0 Å². The SMILES string of the molecule is Cc1ccccc1-c1noc(C2CC2)c1/C=C/C1CN(c2ccc3nc(C(=O)O)cc(OC4CC4)c3c2)C1. The van der Waals surface area contributed by atoms with Crippen molar-refractivity contribution in [3.8, 4) is 17.0 Å². The van der Waals surface area contributed by atoms with Crippen LogP contribution in [0.25, 0.3) is 28.2 Å². The van der Waals surface area contributed by atoms with Crippen LogP contribution >= 0.6 is 0 Å². The average molecular weight is 508 g/mol. The summed E-state index contributed by atoms with van der Waals surface area (Å²) in [5.74, 6) is 1.49. The number of anilines is 1. The minimum absolute atomic E-state index is 0.0134. The lowest BCUT2D eigenvalue weighted by Crippen LogP contribution is -2.45. The number of carboxylic acid groups (broad SMARTS) is 1. The quantitative estimate of drug-likeness (QED) is 0.293. The van der Waals surface area contributed by atoms with Gasteiger partial charge in [0.15, 0.2) is 5.69 Å². The molecule has 0 radical (unpaired) electrons. The summed E-state index contributed by atoms with van der Waals surface area (Å²) in [4.78, 5) is 18.2. The highest BCUT2D eigenvalue weighted by molar-refractivity contribution is 5.94. The molecule has 1 saturated heterocycles. The summed E-state index contributed by atoms with van der Waals surface area (Å²) in [7, 11) is 0. The van der Waals surface area contributed by atoms with Crippen LogP contribution in [0, 0.1) is 12.8 Å². The molecule has 38 heavy (non-hydrogen) atoms. The molecule has 3 heterocycles. The van der Waals surface area contributed by atoms with E-state index in [2.05, 4.69) is 52.3 Å². The first-order valence-corrected chi connectivity index (χ1v) is 13.4. The predicted octanol–water partition coefficient (Wildman–Crippen LogP) is 6.46. The van der Waals surface area contributed by atoms with Gasteiger partial charge in [-0.25, -0.2) is 9.78 Å². The van der Waals surface area contributed by atoms with Gasteiger partial charge in [0.05, 0.1) is 11.6 Å². The van der Waals surface area contributed by atoms with Gasteiger partial charge in [-0.15, -0.1) is 0 Å². The number of carbonyl (C=O) groups is 1. The molecular weight excluding hydrogens is 478 g/mol. The van der Waals surface area contributed by atoms with E-state index in [1.165, 1.54) is 5.56 Å². The smallest absolute Gasteiger partial charge is 0.354 e. The maximum absolute atomic E-state index is 11.5. The molecule has 2 saturated carbocycles. The number of hydrogen-bond donors (Lipinski definition) is 1. The third-order valence-corrected chi connectivity index (χ3v) is 7.71. The maximum atomic E-state index is 11.5. The van der Waals surface area contributed by atoms with Gasteiger partial charge in [-0.05, 0) is 56.4 Å². The zero-order chi connectivity index (χ0) is 25.8. The monoisotopic (exact) mass is 507 g/mol. The molecule has 2 aromatic carbocycles. The normalized spacial score (nSPS) is 17.8. The van der Waals surface area contributed by atoms with Gasteiger partial charge >= 0.3 is 5.97 Å². The third kappa shape index (κ3) is 4.32. The Kier molecular flexibility index (Phi) is 5.46. The van der Waals surface area contributed by atoms with E-state index in [4.69, 9.17) is 9.26 Å². The third-order valence-electron chi connectivity index (χ3n) is 7.71. The fourth-order valence-electron chi connectivity index (χ4n) is 5.17. The Labute approximate surface area is 220 Å². The number of carboxylic acids is 1. The molecule has 4 aromatic rings. The highest BCUT2D eigenvalue weighted by atomic mass is 16.5. The van der Waals surface area contributed by atoms with Crippen molar-refractivity contribution < 1.29 is 19.2 Å². The van der Waals surface area contributed by atoms with E-state index < -0.39 is 5.97 Å². The Morgan fingerprint density at radius 1 is 1.11 bits per heavy atom. The highest BCUT2D eigenvalue weighted by Gasteiger charge is 2.33. The summed E-state index contributed by atoms with van der Waals surface area (Å²) in [5, 5.41) is 14.8. The van der Waals surface area contributed by atoms with Crippen LogP contribution in [-0.4, -0.2) is 40.4 Å². The summed E-state index contributed by atoms with van der Waals surface area (Å²) in [6.07, 6.45) is 9.02. The molecule has 1 aliphatic heterocycles. The number of pyridine rings is 1. The van der Waals surface area contributed by atoms with E-state index >= 15 is 0 Å². The van der Waals surface area contributed by atoms with Crippen LogP contribution in [0.2, 0.25) is 0 Å². The summed E-state index contributed by atoms with van der Waals surface area (Å²) in [6, 6.07) is 15.9. The number of ether oxygens (including phenoxy) is 1. The van der Waals surface area contributed by atoms with E-state index in [0.29, 0.717) is 23.1 Å². The van der Waals surface area contributed by atoms with Crippen molar-refractivity contribution in [1.29, 1.82) is 0 Å². The lowest BCUT2D eigenvalue weighted by Gasteiger charge is -2.39. The second kappa shape index (κ2) is 9.01. The van der Waals surface area contributed by atoms with Crippen LogP contribution in [0.15, 0.2) is 59.1 Å². The average Bonchev–Trinajstić information content (AvgIpc) is 3.83. The van der Waals surface area contributed by atoms with Crippen molar-refractivity contribution in [1.82, 2.24) is 10.1 Å². The number of aryl methyl sites for hydroxylation is 1. The van der Waals surface area contributed by atoms with Crippen molar-refractivity contribution in [2.24, 2.45) is 5.92 Å². The van der Waals surface area contributed by atoms with Gasteiger partial charge in [-0.3, -0.25) is 0 Å². The lowest BCUT2D eigenvalue weighted by molar-refractivity contribution is 0.0690. The van der Waals surface area contributed by atoms with Crippen molar-refractivity contribution in [3.63, 3.8) is 0 Å². The first-order chi connectivity index (χ1) is 18.5. The van der Waals surface area contributed by atoms with E-state index in [1.807, 2.05) is 24.3 Å². The van der Waals surface area contributed by atoms with Crippen molar-refractivity contribution in [2.75, 3.05) is 18.0 Å². The zero-order valence-corrected chi connectivity index (χ0v) is 21.3. The maximum Gasteiger partial charge on any atom is 0.354 e. The second-order valence-corrected chi connectivity index (χ2v) is 10.8. The molecule has 2 aliphatic carbocycles. The fourth-order valence-corrected chi connectivity index (χ4v) is 5.17. The van der Waals surface area contributed by atoms with Gasteiger partial charge in [0.2, 0.25) is 0 Å². The number of rotatable bonds is 8. The number of aromatic nitrogens is 2. The number of hydrogen-bond acceptors (Lipinski definition) is 6. The Balaban J connectivity index is 1.11. The molecule has 192 valence electrons. The van der Waals surface area contributed by atoms with E-state index in [1.54, 1.807) is 6.07 Å². The molecule has 7 rings (SSSR count). The molecular formula is C31H29N3O4. The van der Waals surface area contributed by atoms with Gasteiger partial charge in [0, 0.05) is 53.2 Å². The summed E-state index contributed by atoms with van der Waals surface area (Å²) in [6.45, 7) is 3.93. The van der Waals surface area contributed by atoms with Crippen LogP contribution in [-0.2, 0) is 0 Å². The largest absolute Gasteiger partial charge is 0.490 e.